The van der Waals surface area contributed by atoms with E-state index in [1.165, 1.54) is 17.2 Å². The fraction of sp³-hybridized carbons (Fsp3) is 0.583. The number of aromatic nitrogens is 4. The maximum atomic E-state index is 12.0. The molecule has 1 fully saturated rings. The van der Waals surface area contributed by atoms with Gasteiger partial charge >= 0.3 is 128 Å². The Balaban J connectivity index is 1.94. The molecule has 9 nitrogen and oxygen atoms in total. The van der Waals surface area contributed by atoms with Crippen LogP contribution in [0.15, 0.2) is 12.7 Å². The predicted octanol–water partition coefficient (Wildman–Crippen LogP) is -0.337. The van der Waals surface area contributed by atoms with Crippen molar-refractivity contribution in [1.29, 1.82) is 0 Å². The van der Waals surface area contributed by atoms with Crippen LogP contribution in [-0.2, 0) is 8.48 Å². The molecule has 120 valence electrons. The van der Waals surface area contributed by atoms with Gasteiger partial charge in [-0.15, -0.1) is 0 Å². The molecule has 3 heterocycles. The van der Waals surface area contributed by atoms with Crippen molar-refractivity contribution >= 4 is 30.5 Å². The van der Waals surface area contributed by atoms with Gasteiger partial charge in [0.2, 0.25) is 0 Å². The molecule has 0 amide bonds. The Hall–Kier alpha value is -1.41. The van der Waals surface area contributed by atoms with E-state index in [1.54, 1.807) is 11.4 Å². The molecule has 0 bridgehead atoms. The van der Waals surface area contributed by atoms with Crippen LogP contribution in [0, 0.1) is 0 Å². The molecule has 0 radical (unpaired) electrons. The van der Waals surface area contributed by atoms with Gasteiger partial charge in [-0.3, -0.25) is 0 Å². The first-order chi connectivity index (χ1) is 10.3. The molecule has 10 heteroatoms. The molecule has 0 saturated carbocycles. The van der Waals surface area contributed by atoms with Crippen molar-refractivity contribution < 1.29 is 18.7 Å². The molecule has 2 aromatic rings. The summed E-state index contributed by atoms with van der Waals surface area (Å²) < 4.78 is 19.2. The number of rotatable bonds is 3. The second kappa shape index (κ2) is 5.34. The monoisotopic (exact) mass is 371 g/mol. The van der Waals surface area contributed by atoms with Crippen LogP contribution in [0.3, 0.4) is 0 Å². The molecule has 2 aromatic heterocycles. The molecular weight excluding hydrogens is 353 g/mol. The molecule has 0 aliphatic carbocycles. The van der Waals surface area contributed by atoms with E-state index in [4.69, 9.17) is 10.5 Å². The molecule has 22 heavy (non-hydrogen) atoms. The number of imidazole rings is 1. The average molecular weight is 371 g/mol. The molecule has 1 aliphatic heterocycles. The summed E-state index contributed by atoms with van der Waals surface area (Å²) in [5.74, 6) is 0.225. The second-order valence-corrected chi connectivity index (χ2v) is 13.3. The van der Waals surface area contributed by atoms with Crippen LogP contribution in [-0.4, -0.2) is 61.5 Å². The zero-order valence-corrected chi connectivity index (χ0v) is 14.1. The predicted molar refractivity (Wildman–Crippen MR) is 78.6 cm³/mol. The van der Waals surface area contributed by atoms with Crippen LogP contribution in [0.5, 0.6) is 0 Å². The summed E-state index contributed by atoms with van der Waals surface area (Å²) in [7, 11) is 0. The molecular formula is C12H18AsN5O4. The summed E-state index contributed by atoms with van der Waals surface area (Å²) in [5, 5.41) is 20.6. The standard InChI is InChI=1S/C12H18AsN5O4/c1-13(2,21)3-6-8(19)9(20)12(22-6)18-5-17-7-10(14)15-4-16-11(7)18/h4-6,8-9,12,19-20H,3H2,1-2H3,(H2,14,15,16)/t6-,8?,9?,12-/m1/s1. The van der Waals surface area contributed by atoms with E-state index < -0.39 is 38.0 Å². The van der Waals surface area contributed by atoms with E-state index >= 15 is 0 Å². The summed E-state index contributed by atoms with van der Waals surface area (Å²) in [5.41, 5.74) is 9.89. The molecule has 0 aromatic carbocycles. The first kappa shape index (κ1) is 15.5. The van der Waals surface area contributed by atoms with Crippen LogP contribution in [0.4, 0.5) is 5.82 Å². The van der Waals surface area contributed by atoms with Gasteiger partial charge < -0.3 is 0 Å². The van der Waals surface area contributed by atoms with Gasteiger partial charge in [0.1, 0.15) is 0 Å². The van der Waals surface area contributed by atoms with Crippen LogP contribution < -0.4 is 5.73 Å². The van der Waals surface area contributed by atoms with Gasteiger partial charge in [0.05, 0.1) is 0 Å². The van der Waals surface area contributed by atoms with Crippen LogP contribution >= 0.6 is 0 Å². The number of nitrogens with zero attached hydrogens (tertiary/aromatic N) is 4. The van der Waals surface area contributed by atoms with Crippen molar-refractivity contribution in [2.75, 3.05) is 5.73 Å². The molecule has 0 spiro atoms. The summed E-state index contributed by atoms with van der Waals surface area (Å²) >= 11 is -3.02. The van der Waals surface area contributed by atoms with Crippen molar-refractivity contribution in [2.45, 2.75) is 41.2 Å². The molecule has 1 aliphatic rings. The fourth-order valence-electron chi connectivity index (χ4n) is 2.60. The van der Waals surface area contributed by atoms with Crippen molar-refractivity contribution in [3.05, 3.63) is 12.7 Å². The first-order valence-electron chi connectivity index (χ1n) is 6.76. The van der Waals surface area contributed by atoms with Gasteiger partial charge in [-0.1, -0.05) is 0 Å². The molecule has 4 N–H and O–H groups in total. The maximum absolute atomic E-state index is 12.0. The van der Waals surface area contributed by atoms with Gasteiger partial charge in [-0.25, -0.2) is 0 Å². The minimum absolute atomic E-state index is 0.225. The van der Waals surface area contributed by atoms with Crippen molar-refractivity contribution in [3.63, 3.8) is 0 Å². The van der Waals surface area contributed by atoms with Crippen molar-refractivity contribution in [3.8, 4) is 0 Å². The molecule has 1 saturated heterocycles. The third-order valence-electron chi connectivity index (χ3n) is 3.62. The minimum atomic E-state index is -3.02. The SMILES string of the molecule is C[As](C)(=O)C[C@H]1O[C@@H](n2cnc3c(N)ncnc32)C(O)C1O. The Kier molecular flexibility index (Phi) is 3.76. The second-order valence-electron chi connectivity index (χ2n) is 5.89. The van der Waals surface area contributed by atoms with E-state index in [2.05, 4.69) is 15.0 Å². The van der Waals surface area contributed by atoms with E-state index in [1.807, 2.05) is 0 Å². The Labute approximate surface area is 128 Å². The number of anilines is 1. The number of ether oxygens (including phenoxy) is 1. The number of hydrogen-bond donors (Lipinski definition) is 3. The van der Waals surface area contributed by atoms with Gasteiger partial charge in [0, 0.05) is 0 Å². The number of nitrogens with two attached hydrogens (primary N) is 1. The van der Waals surface area contributed by atoms with Gasteiger partial charge in [-0.05, 0) is 0 Å². The van der Waals surface area contributed by atoms with Crippen LogP contribution in [0.1, 0.15) is 6.23 Å². The van der Waals surface area contributed by atoms with Crippen molar-refractivity contribution in [1.82, 2.24) is 19.5 Å². The Bertz CT molecular complexity index is 744. The summed E-state index contributed by atoms with van der Waals surface area (Å²) in [6, 6.07) is 0. The normalized spacial score (nSPS) is 29.3. The zero-order valence-electron chi connectivity index (χ0n) is 12.2. The molecule has 3 rings (SSSR count). The Morgan fingerprint density at radius 3 is 2.73 bits per heavy atom. The zero-order chi connectivity index (χ0) is 16.1. The summed E-state index contributed by atoms with van der Waals surface area (Å²) in [6.07, 6.45) is -1.10. The van der Waals surface area contributed by atoms with E-state index in [9.17, 15) is 14.0 Å². The molecule has 4 atom stereocenters. The topological polar surface area (TPSA) is 136 Å². The van der Waals surface area contributed by atoms with Gasteiger partial charge in [0.15, 0.2) is 0 Å². The number of aliphatic hydroxyl groups is 2. The Morgan fingerprint density at radius 1 is 1.32 bits per heavy atom. The fourth-order valence-corrected chi connectivity index (χ4v) is 5.05. The van der Waals surface area contributed by atoms with E-state index in [-0.39, 0.29) is 11.0 Å². The number of hydrogen-bond acceptors (Lipinski definition) is 8. The molecule has 2 unspecified atom stereocenters. The average Bonchev–Trinajstić information content (AvgIpc) is 2.95. The summed E-state index contributed by atoms with van der Waals surface area (Å²) in [4.78, 5) is 12.1. The van der Waals surface area contributed by atoms with Gasteiger partial charge in [-0.2, -0.15) is 0 Å². The van der Waals surface area contributed by atoms with Crippen LogP contribution in [0.25, 0.3) is 11.2 Å². The van der Waals surface area contributed by atoms with Gasteiger partial charge in [0.25, 0.3) is 0 Å². The van der Waals surface area contributed by atoms with E-state index in [0.717, 1.165) is 0 Å². The third kappa shape index (κ3) is 2.65. The van der Waals surface area contributed by atoms with E-state index in [0.29, 0.717) is 11.2 Å². The first-order valence-corrected chi connectivity index (χ1v) is 12.6. The van der Waals surface area contributed by atoms with Crippen LogP contribution in [0.2, 0.25) is 16.6 Å². The van der Waals surface area contributed by atoms with Crippen molar-refractivity contribution in [2.24, 2.45) is 0 Å². The Morgan fingerprint density at radius 2 is 2.05 bits per heavy atom. The number of aliphatic hydroxyl groups excluding tert-OH is 2. The number of nitrogen functional groups attached to an aromatic ring is 1. The quantitative estimate of drug-likeness (QED) is 0.624. The third-order valence-corrected chi connectivity index (χ3v) is 6.22. The summed E-state index contributed by atoms with van der Waals surface area (Å²) in [6.45, 7) is 0. The number of fused-ring (bicyclic) bond motifs is 1.